The highest BCUT2D eigenvalue weighted by Crippen LogP contribution is 2.21. The molecule has 1 aromatic rings. The zero-order valence-corrected chi connectivity index (χ0v) is 12.9. The van der Waals surface area contributed by atoms with E-state index in [2.05, 4.69) is 15.2 Å². The lowest BCUT2D eigenvalue weighted by Crippen LogP contribution is -2.46. The SMILES string of the molecule is CC(C)(CO)NC(=O)c1cccnc1N1CCCCCC1. The first kappa shape index (κ1) is 15.8. The van der Waals surface area contributed by atoms with Crippen molar-refractivity contribution in [3.8, 4) is 0 Å². The van der Waals surface area contributed by atoms with Gasteiger partial charge < -0.3 is 15.3 Å². The van der Waals surface area contributed by atoms with Crippen LogP contribution in [0, 0.1) is 0 Å². The Morgan fingerprint density at radius 3 is 2.62 bits per heavy atom. The van der Waals surface area contributed by atoms with E-state index in [0.717, 1.165) is 31.7 Å². The molecule has 116 valence electrons. The van der Waals surface area contributed by atoms with Crippen molar-refractivity contribution in [1.29, 1.82) is 0 Å². The highest BCUT2D eigenvalue weighted by Gasteiger charge is 2.24. The first-order valence-electron chi connectivity index (χ1n) is 7.67. The van der Waals surface area contributed by atoms with E-state index in [9.17, 15) is 9.90 Å². The summed E-state index contributed by atoms with van der Waals surface area (Å²) < 4.78 is 0. The Bertz CT molecular complexity index is 480. The van der Waals surface area contributed by atoms with E-state index in [1.54, 1.807) is 32.2 Å². The molecule has 0 radical (unpaired) electrons. The van der Waals surface area contributed by atoms with Gasteiger partial charge in [0.2, 0.25) is 0 Å². The van der Waals surface area contributed by atoms with Gasteiger partial charge in [0.05, 0.1) is 17.7 Å². The second-order valence-corrected chi connectivity index (χ2v) is 6.27. The summed E-state index contributed by atoms with van der Waals surface area (Å²) in [6.45, 7) is 5.39. The van der Waals surface area contributed by atoms with Crippen molar-refractivity contribution < 1.29 is 9.90 Å². The normalized spacial score (nSPS) is 16.4. The maximum atomic E-state index is 12.5. The number of hydrogen-bond acceptors (Lipinski definition) is 4. The van der Waals surface area contributed by atoms with Gasteiger partial charge >= 0.3 is 0 Å². The average Bonchev–Trinajstić information content (AvgIpc) is 2.76. The summed E-state index contributed by atoms with van der Waals surface area (Å²) >= 11 is 0. The smallest absolute Gasteiger partial charge is 0.255 e. The molecule has 2 rings (SSSR count). The van der Waals surface area contributed by atoms with Crippen LogP contribution >= 0.6 is 0 Å². The van der Waals surface area contributed by atoms with Crippen LogP contribution in [-0.4, -0.2) is 41.2 Å². The second-order valence-electron chi connectivity index (χ2n) is 6.27. The fourth-order valence-electron chi connectivity index (χ4n) is 2.52. The Hall–Kier alpha value is -1.62. The molecule has 0 bridgehead atoms. The molecule has 0 unspecified atom stereocenters. The van der Waals surface area contributed by atoms with Gasteiger partial charge in [-0.3, -0.25) is 4.79 Å². The largest absolute Gasteiger partial charge is 0.394 e. The number of anilines is 1. The Balaban J connectivity index is 2.21. The highest BCUT2D eigenvalue weighted by atomic mass is 16.3. The number of carbonyl (C=O) groups is 1. The number of nitrogens with one attached hydrogen (secondary N) is 1. The van der Waals surface area contributed by atoms with Crippen LogP contribution in [0.25, 0.3) is 0 Å². The minimum absolute atomic E-state index is 0.0992. The third-order valence-corrected chi connectivity index (χ3v) is 3.78. The Kier molecular flexibility index (Phi) is 5.17. The van der Waals surface area contributed by atoms with Crippen LogP contribution in [-0.2, 0) is 0 Å². The molecule has 1 aromatic heterocycles. The van der Waals surface area contributed by atoms with Gasteiger partial charge in [-0.05, 0) is 38.8 Å². The number of nitrogens with zero attached hydrogens (tertiary/aromatic N) is 2. The predicted molar refractivity (Wildman–Crippen MR) is 83.5 cm³/mol. The van der Waals surface area contributed by atoms with Crippen molar-refractivity contribution in [2.24, 2.45) is 0 Å². The van der Waals surface area contributed by atoms with Crippen LogP contribution < -0.4 is 10.2 Å². The molecular formula is C16H25N3O2. The molecule has 2 N–H and O–H groups in total. The lowest BCUT2D eigenvalue weighted by Gasteiger charge is -2.27. The lowest BCUT2D eigenvalue weighted by atomic mass is 10.1. The van der Waals surface area contributed by atoms with Gasteiger partial charge in [0.15, 0.2) is 0 Å². The van der Waals surface area contributed by atoms with Crippen LogP contribution in [0.5, 0.6) is 0 Å². The first-order valence-corrected chi connectivity index (χ1v) is 7.67. The molecule has 0 aliphatic carbocycles. The molecule has 1 fully saturated rings. The summed E-state index contributed by atoms with van der Waals surface area (Å²) in [6, 6.07) is 3.58. The van der Waals surface area contributed by atoms with Gasteiger partial charge in [-0.1, -0.05) is 12.8 Å². The number of aliphatic hydroxyl groups is 1. The van der Waals surface area contributed by atoms with Crippen molar-refractivity contribution >= 4 is 11.7 Å². The number of hydrogen-bond donors (Lipinski definition) is 2. The topological polar surface area (TPSA) is 65.5 Å². The zero-order chi connectivity index (χ0) is 15.3. The number of amides is 1. The Morgan fingerprint density at radius 2 is 2.00 bits per heavy atom. The monoisotopic (exact) mass is 291 g/mol. The molecule has 0 saturated carbocycles. The van der Waals surface area contributed by atoms with Gasteiger partial charge in [0.25, 0.3) is 5.91 Å². The first-order chi connectivity index (χ1) is 10.0. The third kappa shape index (κ3) is 4.17. The van der Waals surface area contributed by atoms with Crippen LogP contribution in [0.3, 0.4) is 0 Å². The maximum absolute atomic E-state index is 12.5. The van der Waals surface area contributed by atoms with E-state index in [-0.39, 0.29) is 12.5 Å². The molecule has 5 heteroatoms. The van der Waals surface area contributed by atoms with Crippen molar-refractivity contribution in [3.63, 3.8) is 0 Å². The molecule has 2 heterocycles. The average molecular weight is 291 g/mol. The standard InChI is InChI=1S/C16H25N3O2/c1-16(2,12-20)18-15(21)13-8-7-9-17-14(13)19-10-5-3-4-6-11-19/h7-9,20H,3-6,10-12H2,1-2H3,(H,18,21). The molecule has 0 spiro atoms. The molecule has 1 aliphatic heterocycles. The van der Waals surface area contributed by atoms with Crippen molar-refractivity contribution in [2.75, 3.05) is 24.6 Å². The van der Waals surface area contributed by atoms with E-state index in [1.807, 2.05) is 0 Å². The highest BCUT2D eigenvalue weighted by molar-refractivity contribution is 5.99. The lowest BCUT2D eigenvalue weighted by molar-refractivity contribution is 0.0869. The minimum atomic E-state index is -0.636. The molecule has 1 amide bonds. The molecule has 0 atom stereocenters. The third-order valence-electron chi connectivity index (χ3n) is 3.78. The summed E-state index contributed by atoms with van der Waals surface area (Å²) in [4.78, 5) is 19.1. The number of rotatable bonds is 4. The van der Waals surface area contributed by atoms with E-state index < -0.39 is 5.54 Å². The summed E-state index contributed by atoms with van der Waals surface area (Å²) in [7, 11) is 0. The van der Waals surface area contributed by atoms with Gasteiger partial charge in [0, 0.05) is 19.3 Å². The molecule has 21 heavy (non-hydrogen) atoms. The van der Waals surface area contributed by atoms with Crippen molar-refractivity contribution in [1.82, 2.24) is 10.3 Å². The van der Waals surface area contributed by atoms with Gasteiger partial charge in [-0.25, -0.2) is 4.98 Å². The number of pyridine rings is 1. The van der Waals surface area contributed by atoms with Crippen LogP contribution in [0.4, 0.5) is 5.82 Å². The van der Waals surface area contributed by atoms with E-state index in [0.29, 0.717) is 5.56 Å². The molecule has 1 saturated heterocycles. The Morgan fingerprint density at radius 1 is 1.33 bits per heavy atom. The number of aliphatic hydroxyl groups excluding tert-OH is 1. The molecule has 5 nitrogen and oxygen atoms in total. The molecular weight excluding hydrogens is 266 g/mol. The fraction of sp³-hybridized carbons (Fsp3) is 0.625. The van der Waals surface area contributed by atoms with Gasteiger partial charge in [-0.15, -0.1) is 0 Å². The summed E-state index contributed by atoms with van der Waals surface area (Å²) in [5, 5.41) is 12.2. The number of aromatic nitrogens is 1. The van der Waals surface area contributed by atoms with E-state index >= 15 is 0 Å². The van der Waals surface area contributed by atoms with Crippen LogP contribution in [0.15, 0.2) is 18.3 Å². The van der Waals surface area contributed by atoms with Crippen LogP contribution in [0.1, 0.15) is 49.9 Å². The van der Waals surface area contributed by atoms with Gasteiger partial charge in [0.1, 0.15) is 5.82 Å². The summed E-state index contributed by atoms with van der Waals surface area (Å²) in [5.74, 6) is 0.576. The van der Waals surface area contributed by atoms with Crippen molar-refractivity contribution in [3.05, 3.63) is 23.9 Å². The summed E-state index contributed by atoms with van der Waals surface area (Å²) in [5.41, 5.74) is -0.0517. The van der Waals surface area contributed by atoms with Crippen molar-refractivity contribution in [2.45, 2.75) is 45.1 Å². The summed E-state index contributed by atoms with van der Waals surface area (Å²) in [6.07, 6.45) is 6.48. The second kappa shape index (κ2) is 6.89. The maximum Gasteiger partial charge on any atom is 0.255 e. The fourth-order valence-corrected chi connectivity index (χ4v) is 2.52. The van der Waals surface area contributed by atoms with Crippen LogP contribution in [0.2, 0.25) is 0 Å². The Labute approximate surface area is 126 Å². The molecule has 1 aliphatic rings. The zero-order valence-electron chi connectivity index (χ0n) is 12.9. The minimum Gasteiger partial charge on any atom is -0.394 e. The van der Waals surface area contributed by atoms with E-state index in [1.165, 1.54) is 12.8 Å². The molecule has 0 aromatic carbocycles. The predicted octanol–water partition coefficient (Wildman–Crippen LogP) is 1.96. The van der Waals surface area contributed by atoms with E-state index in [4.69, 9.17) is 0 Å². The quantitative estimate of drug-likeness (QED) is 0.890. The number of carbonyl (C=O) groups excluding carboxylic acids is 1. The van der Waals surface area contributed by atoms with Gasteiger partial charge in [-0.2, -0.15) is 0 Å².